The summed E-state index contributed by atoms with van der Waals surface area (Å²) in [4.78, 5) is 19.2. The molecule has 1 saturated heterocycles. The summed E-state index contributed by atoms with van der Waals surface area (Å²) in [5.74, 6) is 1.20. The number of hydrogen-bond acceptors (Lipinski definition) is 5. The molecule has 7 heteroatoms. The predicted octanol–water partition coefficient (Wildman–Crippen LogP) is 3.43. The van der Waals surface area contributed by atoms with Crippen LogP contribution in [0.1, 0.15) is 54.2 Å². The first-order valence-corrected chi connectivity index (χ1v) is 9.47. The molecule has 3 aromatic rings. The monoisotopic (exact) mass is 365 g/mol. The first-order valence-electron chi connectivity index (χ1n) is 9.47. The van der Waals surface area contributed by atoms with E-state index in [0.29, 0.717) is 24.0 Å². The van der Waals surface area contributed by atoms with Crippen molar-refractivity contribution in [3.8, 4) is 11.4 Å². The minimum absolute atomic E-state index is 0.0406. The maximum absolute atomic E-state index is 12.8. The van der Waals surface area contributed by atoms with Crippen molar-refractivity contribution in [1.82, 2.24) is 25.2 Å². The minimum atomic E-state index is -0.0406. The molecule has 1 N–H and O–H groups in total. The zero-order valence-corrected chi connectivity index (χ0v) is 15.4. The highest BCUT2D eigenvalue weighted by atomic mass is 16.5. The first kappa shape index (κ1) is 17.5. The fraction of sp³-hybridized carbons (Fsp3) is 0.400. The molecule has 0 aliphatic carbocycles. The predicted molar refractivity (Wildman–Crippen MR) is 100 cm³/mol. The van der Waals surface area contributed by atoms with Crippen LogP contribution in [0.4, 0.5) is 0 Å². The summed E-state index contributed by atoms with van der Waals surface area (Å²) in [6, 6.07) is 11.6. The number of aromatic nitrogens is 4. The lowest BCUT2D eigenvalue weighted by molar-refractivity contribution is 0.0689. The normalized spacial score (nSPS) is 17.2. The summed E-state index contributed by atoms with van der Waals surface area (Å²) in [5.41, 5.74) is 2.41. The van der Waals surface area contributed by atoms with Crippen LogP contribution in [0, 0.1) is 0 Å². The highest BCUT2D eigenvalue weighted by molar-refractivity contribution is 5.92. The number of nitrogens with zero attached hydrogens (tertiary/aromatic N) is 4. The van der Waals surface area contributed by atoms with Crippen LogP contribution in [0.3, 0.4) is 0 Å². The van der Waals surface area contributed by atoms with E-state index in [-0.39, 0.29) is 11.8 Å². The number of carbonyl (C=O) groups excluding carboxylic acids is 1. The van der Waals surface area contributed by atoms with Gasteiger partial charge in [0.15, 0.2) is 0 Å². The van der Waals surface area contributed by atoms with E-state index in [0.717, 1.165) is 43.5 Å². The van der Waals surface area contributed by atoms with Gasteiger partial charge in [-0.1, -0.05) is 48.8 Å². The molecule has 27 heavy (non-hydrogen) atoms. The Kier molecular flexibility index (Phi) is 5.00. The molecule has 3 heterocycles. The zero-order chi connectivity index (χ0) is 18.6. The van der Waals surface area contributed by atoms with Gasteiger partial charge >= 0.3 is 0 Å². The topological polar surface area (TPSA) is 87.9 Å². The molecule has 0 saturated carbocycles. The molecule has 1 atom stereocenters. The Labute approximate surface area is 157 Å². The molecule has 1 aromatic carbocycles. The second kappa shape index (κ2) is 7.73. The molecule has 0 radical (unpaired) electrons. The summed E-state index contributed by atoms with van der Waals surface area (Å²) in [6.45, 7) is 3.40. The highest BCUT2D eigenvalue weighted by Crippen LogP contribution is 2.28. The highest BCUT2D eigenvalue weighted by Gasteiger charge is 2.30. The second-order valence-corrected chi connectivity index (χ2v) is 6.94. The number of hydrogen-bond donors (Lipinski definition) is 1. The van der Waals surface area contributed by atoms with Crippen molar-refractivity contribution in [3.63, 3.8) is 0 Å². The van der Waals surface area contributed by atoms with Crippen molar-refractivity contribution >= 4 is 5.91 Å². The molecule has 1 aliphatic rings. The quantitative estimate of drug-likeness (QED) is 0.748. The van der Waals surface area contributed by atoms with Crippen molar-refractivity contribution < 1.29 is 9.32 Å². The zero-order valence-electron chi connectivity index (χ0n) is 15.4. The van der Waals surface area contributed by atoms with Crippen LogP contribution in [-0.2, 0) is 6.42 Å². The minimum Gasteiger partial charge on any atom is -0.339 e. The van der Waals surface area contributed by atoms with Crippen LogP contribution < -0.4 is 0 Å². The molecular formula is C20H23N5O2. The fourth-order valence-electron chi connectivity index (χ4n) is 3.50. The molecule has 1 aliphatic heterocycles. The van der Waals surface area contributed by atoms with Crippen molar-refractivity contribution in [2.24, 2.45) is 0 Å². The van der Waals surface area contributed by atoms with E-state index in [1.54, 1.807) is 0 Å². The number of likely N-dealkylation sites (tertiary alicyclic amines) is 1. The average molecular weight is 365 g/mol. The SMILES string of the molecule is CCCc1cc(C(=O)N2CCC[C@H](c3nc(-c4ccccc4)no3)C2)n[nH]1. The fourth-order valence-corrected chi connectivity index (χ4v) is 3.50. The van der Waals surface area contributed by atoms with Gasteiger partial charge in [0.05, 0.1) is 5.92 Å². The Bertz CT molecular complexity index is 902. The van der Waals surface area contributed by atoms with Gasteiger partial charge in [0, 0.05) is 24.3 Å². The maximum atomic E-state index is 12.8. The van der Waals surface area contributed by atoms with Crippen LogP contribution in [0.5, 0.6) is 0 Å². The number of aryl methyl sites for hydroxylation is 1. The van der Waals surface area contributed by atoms with Gasteiger partial charge in [-0.3, -0.25) is 9.89 Å². The molecule has 0 unspecified atom stereocenters. The van der Waals surface area contributed by atoms with Crippen molar-refractivity contribution in [3.05, 3.63) is 53.7 Å². The van der Waals surface area contributed by atoms with Crippen LogP contribution in [0.25, 0.3) is 11.4 Å². The Morgan fingerprint density at radius 2 is 2.19 bits per heavy atom. The van der Waals surface area contributed by atoms with Crippen LogP contribution in [0.2, 0.25) is 0 Å². The Balaban J connectivity index is 1.46. The van der Waals surface area contributed by atoms with Gasteiger partial charge in [0.2, 0.25) is 11.7 Å². The molecule has 7 nitrogen and oxygen atoms in total. The standard InChI is InChI=1S/C20H23N5O2/c1-2-7-16-12-17(23-22-16)20(26)25-11-6-10-15(13-25)19-21-18(24-27-19)14-8-4-3-5-9-14/h3-5,8-9,12,15H,2,6-7,10-11,13H2,1H3,(H,22,23)/t15-/m0/s1. The third-order valence-corrected chi connectivity index (χ3v) is 4.90. The van der Waals surface area contributed by atoms with E-state index in [1.165, 1.54) is 0 Å². The number of carbonyl (C=O) groups is 1. The summed E-state index contributed by atoms with van der Waals surface area (Å²) in [5, 5.41) is 11.2. The smallest absolute Gasteiger partial charge is 0.274 e. The average Bonchev–Trinajstić information content (AvgIpc) is 3.39. The van der Waals surface area contributed by atoms with Gasteiger partial charge in [-0.25, -0.2) is 0 Å². The van der Waals surface area contributed by atoms with Gasteiger partial charge in [-0.15, -0.1) is 0 Å². The van der Waals surface area contributed by atoms with E-state index < -0.39 is 0 Å². The third-order valence-electron chi connectivity index (χ3n) is 4.90. The van der Waals surface area contributed by atoms with E-state index in [2.05, 4.69) is 27.3 Å². The third kappa shape index (κ3) is 3.77. The summed E-state index contributed by atoms with van der Waals surface area (Å²) < 4.78 is 5.51. The molecule has 4 rings (SSSR count). The van der Waals surface area contributed by atoms with Gasteiger partial charge in [-0.2, -0.15) is 10.1 Å². The number of H-pyrrole nitrogens is 1. The number of benzene rings is 1. The van der Waals surface area contributed by atoms with Gasteiger partial charge in [0.25, 0.3) is 5.91 Å². The van der Waals surface area contributed by atoms with E-state index in [9.17, 15) is 4.79 Å². The largest absolute Gasteiger partial charge is 0.339 e. The number of nitrogens with one attached hydrogen (secondary N) is 1. The molecule has 140 valence electrons. The lowest BCUT2D eigenvalue weighted by atomic mass is 9.97. The lowest BCUT2D eigenvalue weighted by Gasteiger charge is -2.30. The van der Waals surface area contributed by atoms with Crippen LogP contribution >= 0.6 is 0 Å². The van der Waals surface area contributed by atoms with Gasteiger partial charge in [0.1, 0.15) is 5.69 Å². The Hall–Kier alpha value is -2.96. The van der Waals surface area contributed by atoms with E-state index in [1.807, 2.05) is 41.3 Å². The summed E-state index contributed by atoms with van der Waals surface area (Å²) in [7, 11) is 0. The number of piperidine rings is 1. The Morgan fingerprint density at radius 1 is 1.33 bits per heavy atom. The number of amides is 1. The van der Waals surface area contributed by atoms with Crippen molar-refractivity contribution in [2.45, 2.75) is 38.5 Å². The molecule has 0 spiro atoms. The van der Waals surface area contributed by atoms with Crippen LogP contribution in [-0.4, -0.2) is 44.2 Å². The molecule has 1 fully saturated rings. The maximum Gasteiger partial charge on any atom is 0.274 e. The van der Waals surface area contributed by atoms with Crippen LogP contribution in [0.15, 0.2) is 40.9 Å². The van der Waals surface area contributed by atoms with Crippen molar-refractivity contribution in [2.75, 3.05) is 13.1 Å². The number of rotatable bonds is 5. The molecule has 2 aromatic heterocycles. The molecule has 0 bridgehead atoms. The van der Waals surface area contributed by atoms with Crippen molar-refractivity contribution in [1.29, 1.82) is 0 Å². The van der Waals surface area contributed by atoms with Gasteiger partial charge < -0.3 is 9.42 Å². The summed E-state index contributed by atoms with van der Waals surface area (Å²) >= 11 is 0. The summed E-state index contributed by atoms with van der Waals surface area (Å²) in [6.07, 6.45) is 3.75. The van der Waals surface area contributed by atoms with Gasteiger partial charge in [-0.05, 0) is 25.3 Å². The van der Waals surface area contributed by atoms with E-state index >= 15 is 0 Å². The molecular weight excluding hydrogens is 342 g/mol. The Morgan fingerprint density at radius 3 is 3.00 bits per heavy atom. The molecule has 1 amide bonds. The second-order valence-electron chi connectivity index (χ2n) is 6.94. The number of aromatic amines is 1. The first-order chi connectivity index (χ1) is 13.2. The lowest BCUT2D eigenvalue weighted by Crippen LogP contribution is -2.39. The van der Waals surface area contributed by atoms with E-state index in [4.69, 9.17) is 4.52 Å².